The molecule has 7 nitrogen and oxygen atoms in total. The fourth-order valence-corrected chi connectivity index (χ4v) is 5.80. The van der Waals surface area contributed by atoms with E-state index in [1.807, 2.05) is 28.8 Å². The number of likely N-dealkylation sites (N-methyl/N-ethyl adjacent to an activating group) is 1. The Balaban J connectivity index is 1.32. The lowest BCUT2D eigenvalue weighted by Gasteiger charge is -2.32. The number of rotatable bonds is 6. The predicted molar refractivity (Wildman–Crippen MR) is 139 cm³/mol. The second kappa shape index (κ2) is 9.15. The van der Waals surface area contributed by atoms with E-state index in [1.165, 1.54) is 6.20 Å². The van der Waals surface area contributed by atoms with Crippen molar-refractivity contribution in [3.05, 3.63) is 82.3 Å². The molecular weight excluding hydrogens is 452 g/mol. The third-order valence-electron chi connectivity index (χ3n) is 7.76. The normalized spacial score (nSPS) is 16.6. The zero-order valence-corrected chi connectivity index (χ0v) is 20.6. The Hall–Kier alpha value is -3.55. The van der Waals surface area contributed by atoms with Crippen molar-refractivity contribution < 1.29 is 14.3 Å². The molecule has 0 unspecified atom stereocenters. The number of ketones is 2. The zero-order valence-electron chi connectivity index (χ0n) is 20.6. The topological polar surface area (TPSA) is 72.5 Å². The number of piperazine rings is 1. The molecule has 0 saturated carbocycles. The first kappa shape index (κ1) is 22.9. The Morgan fingerprint density at radius 2 is 1.50 bits per heavy atom. The molecule has 2 aromatic heterocycles. The van der Waals surface area contributed by atoms with Crippen molar-refractivity contribution in [2.75, 3.05) is 39.8 Å². The first-order chi connectivity index (χ1) is 17.5. The summed E-state index contributed by atoms with van der Waals surface area (Å²) in [6.07, 6.45) is 4.38. The van der Waals surface area contributed by atoms with E-state index >= 15 is 0 Å². The van der Waals surface area contributed by atoms with Gasteiger partial charge in [0, 0.05) is 49.7 Å². The van der Waals surface area contributed by atoms with E-state index in [4.69, 9.17) is 0 Å². The van der Waals surface area contributed by atoms with Crippen molar-refractivity contribution in [1.29, 1.82) is 0 Å². The van der Waals surface area contributed by atoms with E-state index in [9.17, 15) is 14.8 Å². The molecule has 7 heteroatoms. The SMILES string of the molecule is CN1CCN(CCCCCn2c3c(c4ccccc42)C(=O)c2c[n+]([O-])c4ccccc4c2C3=O)CC1. The Morgan fingerprint density at radius 1 is 0.806 bits per heavy atom. The summed E-state index contributed by atoms with van der Waals surface area (Å²) in [4.78, 5) is 32.6. The maximum absolute atomic E-state index is 14.0. The highest BCUT2D eigenvalue weighted by molar-refractivity contribution is 6.34. The smallest absolute Gasteiger partial charge is 0.224 e. The van der Waals surface area contributed by atoms with Gasteiger partial charge in [0.05, 0.1) is 22.1 Å². The van der Waals surface area contributed by atoms with Crippen LogP contribution in [0.5, 0.6) is 0 Å². The molecule has 6 rings (SSSR count). The number of benzene rings is 2. The van der Waals surface area contributed by atoms with Gasteiger partial charge in [0.1, 0.15) is 5.69 Å². The maximum Gasteiger partial charge on any atom is 0.224 e. The summed E-state index contributed by atoms with van der Waals surface area (Å²) in [5, 5.41) is 14.0. The number of aromatic nitrogens is 2. The molecule has 0 bridgehead atoms. The molecule has 1 fully saturated rings. The van der Waals surface area contributed by atoms with Crippen LogP contribution >= 0.6 is 0 Å². The summed E-state index contributed by atoms with van der Waals surface area (Å²) in [7, 11) is 2.17. The molecule has 0 spiro atoms. The molecule has 4 aromatic rings. The van der Waals surface area contributed by atoms with Gasteiger partial charge >= 0.3 is 0 Å². The van der Waals surface area contributed by atoms with Crippen LogP contribution in [0.25, 0.3) is 21.8 Å². The fraction of sp³-hybridized carbons (Fsp3) is 0.345. The number of carbonyl (C=O) groups excluding carboxylic acids is 2. The van der Waals surface area contributed by atoms with E-state index in [0.29, 0.717) is 39.0 Å². The number of hydrogen-bond acceptors (Lipinski definition) is 5. The van der Waals surface area contributed by atoms with E-state index in [2.05, 4.69) is 16.8 Å². The van der Waals surface area contributed by atoms with Crippen LogP contribution in [0, 0.1) is 5.21 Å². The highest BCUT2D eigenvalue weighted by Crippen LogP contribution is 2.37. The molecule has 0 radical (unpaired) electrons. The highest BCUT2D eigenvalue weighted by atomic mass is 16.5. The summed E-state index contributed by atoms with van der Waals surface area (Å²) in [6.45, 7) is 6.28. The molecule has 0 atom stereocenters. The van der Waals surface area contributed by atoms with Crippen molar-refractivity contribution in [1.82, 2.24) is 14.4 Å². The van der Waals surface area contributed by atoms with Crippen molar-refractivity contribution in [2.24, 2.45) is 0 Å². The van der Waals surface area contributed by atoms with Gasteiger partial charge in [0.2, 0.25) is 17.1 Å². The molecular formula is C29H30N4O3. The second-order valence-corrected chi connectivity index (χ2v) is 10.0. The van der Waals surface area contributed by atoms with Crippen molar-refractivity contribution in [2.45, 2.75) is 25.8 Å². The first-order valence-corrected chi connectivity index (χ1v) is 12.8. The molecule has 0 N–H and O–H groups in total. The molecule has 1 saturated heterocycles. The first-order valence-electron chi connectivity index (χ1n) is 12.8. The monoisotopic (exact) mass is 482 g/mol. The minimum Gasteiger partial charge on any atom is -0.618 e. The van der Waals surface area contributed by atoms with Crippen LogP contribution in [0.2, 0.25) is 0 Å². The number of fused-ring (bicyclic) bond motifs is 6. The number of aryl methyl sites for hydroxylation is 1. The predicted octanol–water partition coefficient (Wildman–Crippen LogP) is 3.62. The van der Waals surface area contributed by atoms with Crippen LogP contribution in [-0.4, -0.2) is 65.7 Å². The van der Waals surface area contributed by atoms with Crippen molar-refractivity contribution in [3.8, 4) is 0 Å². The summed E-state index contributed by atoms with van der Waals surface area (Å²) in [5.74, 6) is -0.426. The Kier molecular flexibility index (Phi) is 5.82. The largest absolute Gasteiger partial charge is 0.618 e. The third-order valence-corrected chi connectivity index (χ3v) is 7.76. The Labute approximate surface area is 210 Å². The maximum atomic E-state index is 14.0. The third kappa shape index (κ3) is 3.70. The standard InChI is InChI=1S/C29H30N4O3/c1-30-15-17-31(18-16-30)13-7-2-8-14-32-23-11-5-3-9-20(23)26-27(32)29(35)25-21-10-4-6-12-24(21)33(36)19-22(25)28(26)34/h3-6,9-12,19H,2,7-8,13-18H2,1H3. The number of nitrogens with zero attached hydrogens (tertiary/aromatic N) is 4. The van der Waals surface area contributed by atoms with E-state index in [1.54, 1.807) is 24.3 Å². The van der Waals surface area contributed by atoms with Gasteiger partial charge in [-0.25, -0.2) is 0 Å². The fourth-order valence-electron chi connectivity index (χ4n) is 5.80. The van der Waals surface area contributed by atoms with Gasteiger partial charge in [-0.2, -0.15) is 4.73 Å². The molecule has 0 amide bonds. The van der Waals surface area contributed by atoms with Gasteiger partial charge in [0.15, 0.2) is 6.20 Å². The molecule has 2 aromatic carbocycles. The minimum absolute atomic E-state index is 0.176. The van der Waals surface area contributed by atoms with E-state index in [0.717, 1.165) is 62.9 Å². The lowest BCUT2D eigenvalue weighted by molar-refractivity contribution is -0.577. The molecule has 1 aliphatic carbocycles. The molecule has 2 aliphatic rings. The highest BCUT2D eigenvalue weighted by Gasteiger charge is 2.38. The Morgan fingerprint density at radius 3 is 2.31 bits per heavy atom. The van der Waals surface area contributed by atoms with Crippen LogP contribution in [0.4, 0.5) is 0 Å². The second-order valence-electron chi connectivity index (χ2n) is 10.0. The van der Waals surface area contributed by atoms with Crippen LogP contribution < -0.4 is 4.73 Å². The van der Waals surface area contributed by atoms with Crippen molar-refractivity contribution >= 4 is 33.4 Å². The van der Waals surface area contributed by atoms with E-state index in [-0.39, 0.29) is 17.1 Å². The van der Waals surface area contributed by atoms with Gasteiger partial charge in [-0.1, -0.05) is 36.8 Å². The lowest BCUT2D eigenvalue weighted by Crippen LogP contribution is -2.44. The van der Waals surface area contributed by atoms with Crippen molar-refractivity contribution in [3.63, 3.8) is 0 Å². The summed E-state index contributed by atoms with van der Waals surface area (Å²) < 4.78 is 2.74. The van der Waals surface area contributed by atoms with Gasteiger partial charge in [0.25, 0.3) is 0 Å². The van der Waals surface area contributed by atoms with Gasteiger partial charge < -0.3 is 19.6 Å². The number of carbonyl (C=O) groups is 2. The number of pyridine rings is 1. The average molecular weight is 483 g/mol. The number of hydrogen-bond donors (Lipinski definition) is 0. The molecule has 184 valence electrons. The van der Waals surface area contributed by atoms with Gasteiger partial charge in [-0.05, 0) is 38.6 Å². The molecule has 1 aliphatic heterocycles. The molecule has 36 heavy (non-hydrogen) atoms. The number of para-hydroxylation sites is 2. The van der Waals surface area contributed by atoms with Crippen LogP contribution in [0.1, 0.15) is 51.2 Å². The Bertz CT molecular complexity index is 1500. The summed E-state index contributed by atoms with van der Waals surface area (Å²) in [5.41, 5.74) is 2.71. The number of unbranched alkanes of at least 4 members (excludes halogenated alkanes) is 2. The van der Waals surface area contributed by atoms with Gasteiger partial charge in [-0.3, -0.25) is 9.59 Å². The van der Waals surface area contributed by atoms with Crippen LogP contribution in [0.3, 0.4) is 0 Å². The minimum atomic E-state index is -0.250. The quantitative estimate of drug-likeness (QED) is 0.210. The lowest BCUT2D eigenvalue weighted by atomic mass is 9.85. The molecule has 3 heterocycles. The van der Waals surface area contributed by atoms with Gasteiger partial charge in [-0.15, -0.1) is 0 Å². The summed E-state index contributed by atoms with van der Waals surface area (Å²) in [6, 6.07) is 14.7. The van der Waals surface area contributed by atoms with Crippen LogP contribution in [-0.2, 0) is 6.54 Å². The zero-order chi connectivity index (χ0) is 24.8. The average Bonchev–Trinajstić information content (AvgIpc) is 3.23. The summed E-state index contributed by atoms with van der Waals surface area (Å²) >= 11 is 0. The van der Waals surface area contributed by atoms with E-state index < -0.39 is 0 Å². The van der Waals surface area contributed by atoms with Crippen LogP contribution in [0.15, 0.2) is 54.7 Å².